The number of carbonyl (C=O) groups excluding carboxylic acids is 1. The number of phenols is 1. The summed E-state index contributed by atoms with van der Waals surface area (Å²) in [5, 5.41) is 9.36. The molecule has 0 saturated heterocycles. The molecule has 0 spiro atoms. The van der Waals surface area contributed by atoms with Gasteiger partial charge in [0.05, 0.1) is 5.56 Å². The van der Waals surface area contributed by atoms with Gasteiger partial charge in [0.1, 0.15) is 11.5 Å². The Bertz CT molecular complexity index is 437. The number of ether oxygens (including phenoxy) is 3. The van der Waals surface area contributed by atoms with Crippen molar-refractivity contribution >= 4 is 5.78 Å². The van der Waals surface area contributed by atoms with Crippen molar-refractivity contribution in [2.75, 3.05) is 13.2 Å². The van der Waals surface area contributed by atoms with Gasteiger partial charge >= 0.3 is 0 Å². The second kappa shape index (κ2) is 5.37. The molecule has 1 atom stereocenters. The van der Waals surface area contributed by atoms with Gasteiger partial charge in [-0.25, -0.2) is 0 Å². The van der Waals surface area contributed by atoms with Crippen LogP contribution in [0.2, 0.25) is 0 Å². The molecule has 1 aromatic carbocycles. The fourth-order valence-electron chi connectivity index (χ4n) is 1.89. The molecule has 98 valence electrons. The third-order valence-electron chi connectivity index (χ3n) is 2.65. The Morgan fingerprint density at radius 1 is 1.33 bits per heavy atom. The minimum Gasteiger partial charge on any atom is -0.508 e. The van der Waals surface area contributed by atoms with Crippen molar-refractivity contribution in [3.8, 4) is 11.5 Å². The van der Waals surface area contributed by atoms with Gasteiger partial charge in [0.15, 0.2) is 0 Å². The number of hydrogen-bond acceptors (Lipinski definition) is 5. The minimum absolute atomic E-state index is 0.0616. The van der Waals surface area contributed by atoms with Gasteiger partial charge < -0.3 is 19.3 Å². The molecule has 5 nitrogen and oxygen atoms in total. The molecular weight excluding hydrogens is 236 g/mol. The molecular formula is C13H16O5. The maximum Gasteiger partial charge on any atom is 0.212 e. The average Bonchev–Trinajstić information content (AvgIpc) is 2.66. The zero-order chi connectivity index (χ0) is 13.1. The number of fused-ring (bicyclic) bond motifs is 1. The molecule has 0 radical (unpaired) electrons. The van der Waals surface area contributed by atoms with Gasteiger partial charge in [-0.05, 0) is 26.0 Å². The molecule has 0 amide bonds. The zero-order valence-corrected chi connectivity index (χ0v) is 10.4. The van der Waals surface area contributed by atoms with E-state index in [2.05, 4.69) is 0 Å². The van der Waals surface area contributed by atoms with E-state index >= 15 is 0 Å². The summed E-state index contributed by atoms with van der Waals surface area (Å²) in [5.41, 5.74) is 0.446. The summed E-state index contributed by atoms with van der Waals surface area (Å²) >= 11 is 0. The third-order valence-corrected chi connectivity index (χ3v) is 2.65. The Morgan fingerprint density at radius 2 is 2.00 bits per heavy atom. The van der Waals surface area contributed by atoms with Crippen LogP contribution in [-0.2, 0) is 9.47 Å². The largest absolute Gasteiger partial charge is 0.508 e. The van der Waals surface area contributed by atoms with E-state index in [-0.39, 0.29) is 11.5 Å². The second-order valence-electron chi connectivity index (χ2n) is 3.86. The van der Waals surface area contributed by atoms with Gasteiger partial charge in [0, 0.05) is 19.3 Å². The van der Waals surface area contributed by atoms with Crippen LogP contribution < -0.4 is 4.74 Å². The van der Waals surface area contributed by atoms with Crippen molar-refractivity contribution in [2.45, 2.75) is 26.2 Å². The van der Waals surface area contributed by atoms with Crippen molar-refractivity contribution < 1.29 is 24.1 Å². The summed E-state index contributed by atoms with van der Waals surface area (Å²) in [7, 11) is 0. The van der Waals surface area contributed by atoms with Crippen molar-refractivity contribution in [3.05, 3.63) is 23.8 Å². The first kappa shape index (κ1) is 12.9. The molecule has 1 aliphatic rings. The summed E-state index contributed by atoms with van der Waals surface area (Å²) in [6.45, 7) is 4.51. The molecule has 1 aliphatic heterocycles. The standard InChI is InChI=1S/C13H16O5/c1-3-16-13(17-4-2)12-11(15)9-6-5-8(14)7-10(9)18-12/h5-7,12-14H,3-4H2,1-2H3. The van der Waals surface area contributed by atoms with Crippen LogP contribution in [0.15, 0.2) is 18.2 Å². The van der Waals surface area contributed by atoms with Crippen molar-refractivity contribution in [2.24, 2.45) is 0 Å². The van der Waals surface area contributed by atoms with E-state index < -0.39 is 12.4 Å². The number of benzene rings is 1. The van der Waals surface area contributed by atoms with Crippen LogP contribution in [0, 0.1) is 0 Å². The average molecular weight is 252 g/mol. The van der Waals surface area contributed by atoms with E-state index in [1.807, 2.05) is 13.8 Å². The van der Waals surface area contributed by atoms with Crippen LogP contribution in [-0.4, -0.2) is 36.5 Å². The Hall–Kier alpha value is -1.59. The Morgan fingerprint density at radius 3 is 2.61 bits per heavy atom. The fourth-order valence-corrected chi connectivity index (χ4v) is 1.89. The molecule has 1 aromatic rings. The predicted octanol–water partition coefficient (Wildman–Crippen LogP) is 1.73. The lowest BCUT2D eigenvalue weighted by Gasteiger charge is -2.21. The third kappa shape index (κ3) is 2.32. The quantitative estimate of drug-likeness (QED) is 0.808. The van der Waals surface area contributed by atoms with Crippen LogP contribution in [0.25, 0.3) is 0 Å². The predicted molar refractivity (Wildman–Crippen MR) is 63.9 cm³/mol. The van der Waals surface area contributed by atoms with Gasteiger partial charge in [0.2, 0.25) is 18.2 Å². The Kier molecular flexibility index (Phi) is 3.84. The highest BCUT2D eigenvalue weighted by molar-refractivity contribution is 6.05. The summed E-state index contributed by atoms with van der Waals surface area (Å²) in [6.07, 6.45) is -1.52. The van der Waals surface area contributed by atoms with Crippen LogP contribution in [0.5, 0.6) is 11.5 Å². The summed E-state index contributed by atoms with van der Waals surface area (Å²) in [4.78, 5) is 12.1. The number of phenolic OH excluding ortho intramolecular Hbond substituents is 1. The molecule has 1 N–H and O–H groups in total. The Balaban J connectivity index is 2.21. The topological polar surface area (TPSA) is 65.0 Å². The van der Waals surface area contributed by atoms with Crippen LogP contribution in [0.1, 0.15) is 24.2 Å². The smallest absolute Gasteiger partial charge is 0.212 e. The molecule has 0 aliphatic carbocycles. The molecule has 18 heavy (non-hydrogen) atoms. The summed E-state index contributed by atoms with van der Waals surface area (Å²) in [6, 6.07) is 4.42. The van der Waals surface area contributed by atoms with Crippen LogP contribution in [0.4, 0.5) is 0 Å². The molecule has 0 aromatic heterocycles. The van der Waals surface area contributed by atoms with Gasteiger partial charge in [-0.2, -0.15) is 0 Å². The fraction of sp³-hybridized carbons (Fsp3) is 0.462. The van der Waals surface area contributed by atoms with Gasteiger partial charge in [-0.1, -0.05) is 0 Å². The van der Waals surface area contributed by atoms with Gasteiger partial charge in [0.25, 0.3) is 0 Å². The van der Waals surface area contributed by atoms with Gasteiger partial charge in [-0.15, -0.1) is 0 Å². The number of Topliss-reactive ketones (excluding diaryl/α,β-unsaturated/α-hetero) is 1. The molecule has 5 heteroatoms. The minimum atomic E-state index is -0.804. The van der Waals surface area contributed by atoms with E-state index in [0.29, 0.717) is 24.5 Å². The molecule has 1 heterocycles. The van der Waals surface area contributed by atoms with E-state index in [1.54, 1.807) is 6.07 Å². The number of rotatable bonds is 5. The molecule has 0 saturated carbocycles. The van der Waals surface area contributed by atoms with Crippen LogP contribution in [0.3, 0.4) is 0 Å². The normalized spacial score (nSPS) is 17.9. The van der Waals surface area contributed by atoms with Crippen molar-refractivity contribution in [1.29, 1.82) is 0 Å². The molecule has 2 rings (SSSR count). The maximum absolute atomic E-state index is 12.1. The lowest BCUT2D eigenvalue weighted by Crippen LogP contribution is -2.39. The number of hydrogen-bond donors (Lipinski definition) is 1. The lowest BCUT2D eigenvalue weighted by atomic mass is 10.1. The summed E-state index contributed by atoms with van der Waals surface area (Å²) in [5.74, 6) is 0.248. The highest BCUT2D eigenvalue weighted by Gasteiger charge is 2.39. The van der Waals surface area contributed by atoms with Crippen molar-refractivity contribution in [1.82, 2.24) is 0 Å². The first-order chi connectivity index (χ1) is 8.67. The van der Waals surface area contributed by atoms with Crippen LogP contribution >= 0.6 is 0 Å². The first-order valence-corrected chi connectivity index (χ1v) is 5.94. The number of carbonyl (C=O) groups is 1. The molecule has 0 bridgehead atoms. The Labute approximate surface area is 105 Å². The second-order valence-corrected chi connectivity index (χ2v) is 3.86. The van der Waals surface area contributed by atoms with Crippen molar-refractivity contribution in [3.63, 3.8) is 0 Å². The molecule has 0 fully saturated rings. The maximum atomic E-state index is 12.1. The zero-order valence-electron chi connectivity index (χ0n) is 10.4. The van der Waals surface area contributed by atoms with E-state index in [9.17, 15) is 9.90 Å². The number of ketones is 1. The van der Waals surface area contributed by atoms with E-state index in [4.69, 9.17) is 14.2 Å². The summed E-state index contributed by atoms with van der Waals surface area (Å²) < 4.78 is 16.2. The lowest BCUT2D eigenvalue weighted by molar-refractivity contribution is -0.168. The molecule has 1 unspecified atom stereocenters. The highest BCUT2D eigenvalue weighted by atomic mass is 16.7. The van der Waals surface area contributed by atoms with E-state index in [1.165, 1.54) is 12.1 Å². The monoisotopic (exact) mass is 252 g/mol. The number of aromatic hydroxyl groups is 1. The highest BCUT2D eigenvalue weighted by Crippen LogP contribution is 2.33. The first-order valence-electron chi connectivity index (χ1n) is 5.94. The SMILES string of the molecule is CCOC(OCC)C1Oc2cc(O)ccc2C1=O. The van der Waals surface area contributed by atoms with E-state index in [0.717, 1.165) is 0 Å². The van der Waals surface area contributed by atoms with Gasteiger partial charge in [-0.3, -0.25) is 4.79 Å².